The van der Waals surface area contributed by atoms with Crippen LogP contribution in [0.15, 0.2) is 217 Å². The first-order valence-corrected chi connectivity index (χ1v) is 21.0. The second kappa shape index (κ2) is 13.1. The van der Waals surface area contributed by atoms with Crippen molar-refractivity contribution in [1.82, 2.24) is 0 Å². The van der Waals surface area contributed by atoms with Gasteiger partial charge in [-0.05, 0) is 94.6 Å². The van der Waals surface area contributed by atoms with Gasteiger partial charge in [-0.3, -0.25) is 0 Å². The standard InChI is InChI=1S/C57H37NO3/c1-3-15-36(16-4-1)41-30-31-49(55-44-20-8-12-24-51(44)61-56(41)55)58(39-28-32-50-38(33-39)34-54(59-50)37-17-5-2-6-18-37)40-27-29-43-42-19-7-9-21-45(42)57(48(43)35-40)46-22-10-13-25-52(46)60-53-26-14-11-23-47(53)57/h1-35,44,51H. The Morgan fingerprint density at radius 3 is 1.89 bits per heavy atom. The van der Waals surface area contributed by atoms with Crippen LogP contribution in [0.3, 0.4) is 0 Å². The summed E-state index contributed by atoms with van der Waals surface area (Å²) in [5, 5.41) is 1.03. The van der Waals surface area contributed by atoms with Crippen molar-refractivity contribution in [2.24, 2.45) is 0 Å². The molecule has 1 aromatic heterocycles. The van der Waals surface area contributed by atoms with Crippen molar-refractivity contribution in [3.63, 3.8) is 0 Å². The monoisotopic (exact) mass is 783 g/mol. The van der Waals surface area contributed by atoms with Crippen LogP contribution in [0.5, 0.6) is 17.2 Å². The molecule has 1 spiro atoms. The number of hydrogen-bond donors (Lipinski definition) is 0. The molecule has 9 aromatic rings. The topological polar surface area (TPSA) is 34.8 Å². The van der Waals surface area contributed by atoms with Crippen molar-refractivity contribution in [3.8, 4) is 50.8 Å². The number of fused-ring (bicyclic) bond motifs is 13. The van der Waals surface area contributed by atoms with E-state index < -0.39 is 5.41 Å². The molecule has 0 N–H and O–H groups in total. The Morgan fingerprint density at radius 2 is 1.10 bits per heavy atom. The van der Waals surface area contributed by atoms with Gasteiger partial charge in [0.15, 0.2) is 0 Å². The van der Waals surface area contributed by atoms with Crippen LogP contribution in [0.4, 0.5) is 17.1 Å². The summed E-state index contributed by atoms with van der Waals surface area (Å²) in [4.78, 5) is 2.44. The summed E-state index contributed by atoms with van der Waals surface area (Å²) in [5.41, 5.74) is 15.0. The molecule has 0 fully saturated rings. The predicted molar refractivity (Wildman–Crippen MR) is 245 cm³/mol. The van der Waals surface area contributed by atoms with Crippen molar-refractivity contribution >= 4 is 28.0 Å². The fourth-order valence-corrected chi connectivity index (χ4v) is 10.5. The van der Waals surface area contributed by atoms with E-state index in [4.69, 9.17) is 13.9 Å². The van der Waals surface area contributed by atoms with Crippen molar-refractivity contribution in [2.45, 2.75) is 17.4 Å². The van der Waals surface area contributed by atoms with Gasteiger partial charge >= 0.3 is 0 Å². The number of nitrogens with zero attached hydrogens (tertiary/aromatic N) is 1. The van der Waals surface area contributed by atoms with E-state index in [1.54, 1.807) is 0 Å². The van der Waals surface area contributed by atoms with Crippen LogP contribution in [0.2, 0.25) is 0 Å². The number of anilines is 3. The van der Waals surface area contributed by atoms with E-state index in [0.29, 0.717) is 0 Å². The van der Waals surface area contributed by atoms with Crippen molar-refractivity contribution in [3.05, 3.63) is 240 Å². The van der Waals surface area contributed by atoms with E-state index >= 15 is 0 Å². The van der Waals surface area contributed by atoms with Crippen LogP contribution >= 0.6 is 0 Å². The summed E-state index contributed by atoms with van der Waals surface area (Å²) in [6.07, 6.45) is 8.63. The molecule has 2 aliphatic heterocycles. The number of rotatable bonds is 5. The van der Waals surface area contributed by atoms with Crippen LogP contribution in [0.1, 0.15) is 33.7 Å². The van der Waals surface area contributed by atoms with Gasteiger partial charge in [0.1, 0.15) is 34.7 Å². The second-order valence-corrected chi connectivity index (χ2v) is 16.3. The molecule has 13 rings (SSSR count). The van der Waals surface area contributed by atoms with E-state index in [0.717, 1.165) is 78.9 Å². The van der Waals surface area contributed by atoms with Crippen molar-refractivity contribution in [1.29, 1.82) is 0 Å². The summed E-state index contributed by atoms with van der Waals surface area (Å²) >= 11 is 0. The van der Waals surface area contributed by atoms with Gasteiger partial charge < -0.3 is 18.8 Å². The van der Waals surface area contributed by atoms with Crippen LogP contribution in [-0.2, 0) is 5.41 Å². The number of ether oxygens (including phenoxy) is 2. The second-order valence-electron chi connectivity index (χ2n) is 16.3. The average molecular weight is 784 g/mol. The molecule has 288 valence electrons. The zero-order valence-corrected chi connectivity index (χ0v) is 33.0. The SMILES string of the molecule is C1=CC2Oc3c(-c4ccccc4)ccc(N(c4ccc5c(c4)C4(c6ccccc6Oc6ccccc64)c4ccccc4-5)c4ccc5oc(-c6ccccc6)cc5c4)c3C2C=C1. The van der Waals surface area contributed by atoms with Crippen LogP contribution < -0.4 is 14.4 Å². The summed E-state index contributed by atoms with van der Waals surface area (Å²) in [6, 6.07) is 67.3. The zero-order chi connectivity index (χ0) is 40.1. The highest BCUT2D eigenvalue weighted by Crippen LogP contribution is 2.63. The minimum atomic E-state index is -0.609. The molecule has 8 aromatic carbocycles. The normalized spacial score (nSPS) is 16.8. The largest absolute Gasteiger partial charge is 0.484 e. The lowest BCUT2D eigenvalue weighted by molar-refractivity contribution is 0.270. The van der Waals surface area contributed by atoms with Crippen LogP contribution in [-0.4, -0.2) is 6.10 Å². The van der Waals surface area contributed by atoms with Crippen LogP contribution in [0.25, 0.3) is 44.5 Å². The van der Waals surface area contributed by atoms with Gasteiger partial charge in [-0.15, -0.1) is 0 Å². The molecule has 2 aliphatic carbocycles. The van der Waals surface area contributed by atoms with Crippen LogP contribution in [0, 0.1) is 0 Å². The summed E-state index contributed by atoms with van der Waals surface area (Å²) in [6.45, 7) is 0. The first-order chi connectivity index (χ1) is 30.2. The maximum Gasteiger partial charge on any atom is 0.135 e. The van der Waals surface area contributed by atoms with Crippen molar-refractivity contribution in [2.75, 3.05) is 4.90 Å². The summed E-state index contributed by atoms with van der Waals surface area (Å²) in [7, 11) is 0. The lowest BCUT2D eigenvalue weighted by Crippen LogP contribution is -2.32. The molecule has 4 nitrogen and oxygen atoms in total. The Hall–Kier alpha value is -7.82. The Bertz CT molecular complexity index is 3240. The Balaban J connectivity index is 1.09. The third-order valence-electron chi connectivity index (χ3n) is 13.1. The molecule has 0 bridgehead atoms. The maximum absolute atomic E-state index is 6.97. The molecule has 4 heteroatoms. The number of allylic oxidation sites excluding steroid dienone is 2. The molecule has 2 unspecified atom stereocenters. The van der Waals surface area contributed by atoms with Gasteiger partial charge in [0.05, 0.1) is 11.1 Å². The maximum atomic E-state index is 6.97. The van der Waals surface area contributed by atoms with E-state index in [1.165, 1.54) is 27.8 Å². The molecule has 0 saturated carbocycles. The quantitative estimate of drug-likeness (QED) is 0.174. The molecule has 61 heavy (non-hydrogen) atoms. The Labute approximate surface area is 353 Å². The van der Waals surface area contributed by atoms with Gasteiger partial charge in [-0.2, -0.15) is 0 Å². The minimum absolute atomic E-state index is 0.0303. The third-order valence-corrected chi connectivity index (χ3v) is 13.1. The third kappa shape index (κ3) is 4.93. The highest BCUT2D eigenvalue weighted by atomic mass is 16.5. The fourth-order valence-electron chi connectivity index (χ4n) is 10.5. The number of furan rings is 1. The number of para-hydroxylation sites is 2. The summed E-state index contributed by atoms with van der Waals surface area (Å²) < 4.78 is 20.1. The average Bonchev–Trinajstić information content (AvgIpc) is 4.01. The smallest absolute Gasteiger partial charge is 0.135 e. The molecule has 2 atom stereocenters. The number of hydrogen-bond acceptors (Lipinski definition) is 4. The minimum Gasteiger partial charge on any atom is -0.484 e. The number of benzene rings is 8. The Kier molecular flexibility index (Phi) is 7.31. The highest BCUT2D eigenvalue weighted by molar-refractivity contribution is 5.95. The Morgan fingerprint density at radius 1 is 0.475 bits per heavy atom. The lowest BCUT2D eigenvalue weighted by atomic mass is 9.66. The molecule has 3 heterocycles. The summed E-state index contributed by atoms with van der Waals surface area (Å²) in [5.74, 6) is 3.55. The van der Waals surface area contributed by atoms with E-state index in [9.17, 15) is 0 Å². The first kappa shape index (κ1) is 34.1. The van der Waals surface area contributed by atoms with Gasteiger partial charge in [-0.25, -0.2) is 0 Å². The zero-order valence-electron chi connectivity index (χ0n) is 33.0. The predicted octanol–water partition coefficient (Wildman–Crippen LogP) is 14.7. The molecule has 0 saturated heterocycles. The van der Waals surface area contributed by atoms with Gasteiger partial charge in [-0.1, -0.05) is 146 Å². The van der Waals surface area contributed by atoms with Crippen molar-refractivity contribution < 1.29 is 13.9 Å². The highest BCUT2D eigenvalue weighted by Gasteiger charge is 2.51. The molecular formula is C57H37NO3. The first-order valence-electron chi connectivity index (χ1n) is 21.0. The van der Waals surface area contributed by atoms with Gasteiger partial charge in [0.25, 0.3) is 0 Å². The molecular weight excluding hydrogens is 747 g/mol. The van der Waals surface area contributed by atoms with E-state index in [1.807, 2.05) is 18.2 Å². The molecule has 4 aliphatic rings. The van der Waals surface area contributed by atoms with E-state index in [-0.39, 0.29) is 12.0 Å². The molecule has 0 radical (unpaired) electrons. The lowest BCUT2D eigenvalue weighted by Gasteiger charge is -2.39. The fraction of sp³-hybridized carbons (Fsp3) is 0.0526. The molecule has 0 amide bonds. The van der Waals surface area contributed by atoms with E-state index in [2.05, 4.69) is 199 Å². The van der Waals surface area contributed by atoms with Gasteiger partial charge in [0, 0.05) is 50.5 Å². The van der Waals surface area contributed by atoms with Gasteiger partial charge in [0.2, 0.25) is 0 Å².